The Kier molecular flexibility index (Phi) is 7.04. The Bertz CT molecular complexity index is 1370. The molecule has 8 heteroatoms. The van der Waals surface area contributed by atoms with Crippen LogP contribution in [0.15, 0.2) is 77.8 Å². The first kappa shape index (κ1) is 23.5. The third-order valence-corrected chi connectivity index (χ3v) is 6.00. The number of rotatable bonds is 7. The fraction of sp³-hybridized carbons (Fsp3) is 0.222. The van der Waals surface area contributed by atoms with Crippen LogP contribution in [0.2, 0.25) is 0 Å². The fourth-order valence-corrected chi connectivity index (χ4v) is 4.27. The van der Waals surface area contributed by atoms with Crippen LogP contribution < -0.4 is 11.1 Å². The third-order valence-electron chi connectivity index (χ3n) is 6.00. The SMILES string of the molecule is CC1=NC(c2cccc(N)c2)=C(C#N)C(c2cccc(C(=O)NCCCn3ccnc3)c2)C1C#N. The summed E-state index contributed by atoms with van der Waals surface area (Å²) in [5.41, 5.74) is 9.93. The average Bonchev–Trinajstić information content (AvgIpc) is 3.39. The smallest absolute Gasteiger partial charge is 0.251 e. The van der Waals surface area contributed by atoms with Gasteiger partial charge >= 0.3 is 0 Å². The highest BCUT2D eigenvalue weighted by atomic mass is 16.1. The molecular weight excluding hydrogens is 438 g/mol. The molecule has 4 rings (SSSR count). The van der Waals surface area contributed by atoms with Gasteiger partial charge in [-0.2, -0.15) is 10.5 Å². The van der Waals surface area contributed by atoms with E-state index in [2.05, 4.69) is 27.4 Å². The second-order valence-electron chi connectivity index (χ2n) is 8.37. The maximum atomic E-state index is 12.8. The van der Waals surface area contributed by atoms with Crippen LogP contribution in [0.4, 0.5) is 5.69 Å². The molecule has 0 saturated carbocycles. The summed E-state index contributed by atoms with van der Waals surface area (Å²) in [6.45, 7) is 3.06. The average molecular weight is 464 g/mol. The summed E-state index contributed by atoms with van der Waals surface area (Å²) < 4.78 is 1.95. The van der Waals surface area contributed by atoms with E-state index in [9.17, 15) is 15.3 Å². The van der Waals surface area contributed by atoms with Crippen molar-refractivity contribution in [1.82, 2.24) is 14.9 Å². The van der Waals surface area contributed by atoms with E-state index >= 15 is 0 Å². The van der Waals surface area contributed by atoms with Gasteiger partial charge in [-0.1, -0.05) is 24.3 Å². The molecule has 2 heterocycles. The van der Waals surface area contributed by atoms with Crippen LogP contribution in [-0.2, 0) is 6.54 Å². The number of nitrogens with one attached hydrogen (secondary N) is 1. The predicted octanol–water partition coefficient (Wildman–Crippen LogP) is 3.92. The number of allylic oxidation sites excluding steroid dienone is 1. The summed E-state index contributed by atoms with van der Waals surface area (Å²) in [6.07, 6.45) is 6.11. The number of imidazole rings is 1. The number of nitriles is 2. The maximum Gasteiger partial charge on any atom is 0.251 e. The summed E-state index contributed by atoms with van der Waals surface area (Å²) >= 11 is 0. The monoisotopic (exact) mass is 463 g/mol. The number of benzene rings is 2. The van der Waals surface area contributed by atoms with Gasteiger partial charge in [-0.05, 0) is 43.2 Å². The molecule has 0 fully saturated rings. The van der Waals surface area contributed by atoms with Crippen molar-refractivity contribution in [2.75, 3.05) is 12.3 Å². The first-order chi connectivity index (χ1) is 17.0. The molecule has 2 unspecified atom stereocenters. The molecule has 1 aliphatic heterocycles. The molecule has 3 N–H and O–H groups in total. The number of nitrogens with zero attached hydrogens (tertiary/aromatic N) is 5. The molecular formula is C27H25N7O. The Balaban J connectivity index is 1.61. The lowest BCUT2D eigenvalue weighted by Crippen LogP contribution is -2.27. The number of anilines is 1. The van der Waals surface area contributed by atoms with E-state index in [0.29, 0.717) is 40.3 Å². The summed E-state index contributed by atoms with van der Waals surface area (Å²) in [4.78, 5) is 21.4. The minimum Gasteiger partial charge on any atom is -0.399 e. The molecule has 1 aromatic heterocycles. The van der Waals surface area contributed by atoms with Crippen LogP contribution in [0.5, 0.6) is 0 Å². The Morgan fingerprint density at radius 3 is 2.74 bits per heavy atom. The lowest BCUT2D eigenvalue weighted by atomic mass is 9.75. The quantitative estimate of drug-likeness (QED) is 0.405. The van der Waals surface area contributed by atoms with E-state index in [1.807, 2.05) is 22.9 Å². The number of aromatic nitrogens is 2. The first-order valence-corrected chi connectivity index (χ1v) is 11.3. The molecule has 0 aliphatic carbocycles. The molecule has 1 amide bonds. The predicted molar refractivity (Wildman–Crippen MR) is 134 cm³/mol. The van der Waals surface area contributed by atoms with Crippen molar-refractivity contribution in [2.24, 2.45) is 10.9 Å². The molecule has 174 valence electrons. The fourth-order valence-electron chi connectivity index (χ4n) is 4.27. The number of hydrogen-bond acceptors (Lipinski definition) is 6. The highest BCUT2D eigenvalue weighted by molar-refractivity contribution is 5.98. The number of aryl methyl sites for hydroxylation is 1. The van der Waals surface area contributed by atoms with Crippen molar-refractivity contribution in [3.63, 3.8) is 0 Å². The van der Waals surface area contributed by atoms with E-state index in [4.69, 9.17) is 5.73 Å². The number of hydrogen-bond donors (Lipinski definition) is 2. The number of nitrogen functional groups attached to an aromatic ring is 1. The van der Waals surface area contributed by atoms with Crippen LogP contribution in [0.1, 0.15) is 40.7 Å². The molecule has 35 heavy (non-hydrogen) atoms. The van der Waals surface area contributed by atoms with E-state index < -0.39 is 11.8 Å². The molecule has 0 radical (unpaired) electrons. The highest BCUT2D eigenvalue weighted by Crippen LogP contribution is 2.41. The second kappa shape index (κ2) is 10.5. The Morgan fingerprint density at radius 2 is 2.03 bits per heavy atom. The normalized spacial score (nSPS) is 17.3. The summed E-state index contributed by atoms with van der Waals surface area (Å²) in [7, 11) is 0. The van der Waals surface area contributed by atoms with Gasteiger partial charge in [0.15, 0.2) is 0 Å². The number of amides is 1. The Morgan fingerprint density at radius 1 is 1.20 bits per heavy atom. The minimum atomic E-state index is -0.622. The number of carbonyl (C=O) groups excluding carboxylic acids is 1. The molecule has 2 aromatic carbocycles. The van der Waals surface area contributed by atoms with Gasteiger partial charge in [0.2, 0.25) is 0 Å². The van der Waals surface area contributed by atoms with Gasteiger partial charge in [0, 0.05) is 53.9 Å². The second-order valence-corrected chi connectivity index (χ2v) is 8.37. The Hall–Kier alpha value is -4.69. The van der Waals surface area contributed by atoms with E-state index in [-0.39, 0.29) is 5.91 Å². The van der Waals surface area contributed by atoms with Crippen LogP contribution in [0.25, 0.3) is 5.70 Å². The number of carbonyl (C=O) groups is 1. The van der Waals surface area contributed by atoms with E-state index in [1.54, 1.807) is 55.8 Å². The van der Waals surface area contributed by atoms with Crippen molar-refractivity contribution in [1.29, 1.82) is 10.5 Å². The highest BCUT2D eigenvalue weighted by Gasteiger charge is 2.35. The summed E-state index contributed by atoms with van der Waals surface area (Å²) in [6, 6.07) is 18.9. The van der Waals surface area contributed by atoms with Crippen LogP contribution in [-0.4, -0.2) is 27.7 Å². The van der Waals surface area contributed by atoms with Crippen molar-refractivity contribution in [3.05, 3.63) is 89.5 Å². The van der Waals surface area contributed by atoms with Crippen molar-refractivity contribution < 1.29 is 4.79 Å². The van der Waals surface area contributed by atoms with Gasteiger partial charge in [0.1, 0.15) is 0 Å². The zero-order valence-electron chi connectivity index (χ0n) is 19.3. The van der Waals surface area contributed by atoms with Gasteiger partial charge in [-0.15, -0.1) is 0 Å². The zero-order chi connectivity index (χ0) is 24.8. The van der Waals surface area contributed by atoms with E-state index in [0.717, 1.165) is 18.5 Å². The van der Waals surface area contributed by atoms with Gasteiger partial charge in [0.25, 0.3) is 5.91 Å². The standard InChI is InChI=1S/C27H25N7O/c1-18-23(15-28)25(24(16-29)26(33-18)20-6-3-8-22(30)14-20)19-5-2-7-21(13-19)27(35)32-9-4-11-34-12-10-31-17-34/h2-3,5-8,10,12-14,17,23,25H,4,9,11,30H2,1H3,(H,32,35). The molecule has 2 atom stereocenters. The topological polar surface area (TPSA) is 133 Å². The molecule has 3 aromatic rings. The zero-order valence-corrected chi connectivity index (χ0v) is 19.3. The molecule has 8 nitrogen and oxygen atoms in total. The van der Waals surface area contributed by atoms with Gasteiger partial charge < -0.3 is 15.6 Å². The molecule has 0 bridgehead atoms. The maximum absolute atomic E-state index is 12.8. The summed E-state index contributed by atoms with van der Waals surface area (Å²) in [5, 5.41) is 23.0. The minimum absolute atomic E-state index is 0.203. The third kappa shape index (κ3) is 5.13. The van der Waals surface area contributed by atoms with Gasteiger partial charge in [0.05, 0.1) is 35.7 Å². The van der Waals surface area contributed by atoms with Crippen molar-refractivity contribution in [3.8, 4) is 12.1 Å². The Labute approximate surface area is 204 Å². The molecule has 1 aliphatic rings. The lowest BCUT2D eigenvalue weighted by Gasteiger charge is -2.28. The number of aliphatic imine (C=N–C) groups is 1. The van der Waals surface area contributed by atoms with Crippen LogP contribution >= 0.6 is 0 Å². The van der Waals surface area contributed by atoms with E-state index in [1.165, 1.54) is 0 Å². The van der Waals surface area contributed by atoms with Crippen molar-refractivity contribution in [2.45, 2.75) is 25.8 Å². The van der Waals surface area contributed by atoms with Gasteiger partial charge in [-0.25, -0.2) is 4.98 Å². The first-order valence-electron chi connectivity index (χ1n) is 11.3. The largest absolute Gasteiger partial charge is 0.399 e. The molecule has 0 spiro atoms. The lowest BCUT2D eigenvalue weighted by molar-refractivity contribution is 0.0952. The van der Waals surface area contributed by atoms with Crippen LogP contribution in [0.3, 0.4) is 0 Å². The molecule has 0 saturated heterocycles. The van der Waals surface area contributed by atoms with Gasteiger partial charge in [-0.3, -0.25) is 9.79 Å². The summed E-state index contributed by atoms with van der Waals surface area (Å²) in [5.74, 6) is -1.37. The number of nitrogens with two attached hydrogens (primary N) is 1. The van der Waals surface area contributed by atoms with Crippen LogP contribution in [0, 0.1) is 28.6 Å². The van der Waals surface area contributed by atoms with Crippen molar-refractivity contribution >= 4 is 23.0 Å².